The van der Waals surface area contributed by atoms with Crippen LogP contribution in [0, 0.1) is 13.8 Å². The second kappa shape index (κ2) is 8.40. The summed E-state index contributed by atoms with van der Waals surface area (Å²) in [5, 5.41) is 3.24. The number of aryl methyl sites for hydroxylation is 2. The lowest BCUT2D eigenvalue weighted by atomic mass is 10.0. The maximum absolute atomic E-state index is 12.0. The molecule has 27 heavy (non-hydrogen) atoms. The zero-order valence-electron chi connectivity index (χ0n) is 15.7. The third-order valence-electron chi connectivity index (χ3n) is 4.07. The minimum absolute atomic E-state index is 0.329. The van der Waals surface area contributed by atoms with Crippen molar-refractivity contribution in [1.82, 2.24) is 15.0 Å². The van der Waals surface area contributed by atoms with Crippen LogP contribution >= 0.6 is 0 Å². The molecule has 0 aliphatic heterocycles. The lowest BCUT2D eigenvalue weighted by Gasteiger charge is -2.14. The van der Waals surface area contributed by atoms with Gasteiger partial charge in [-0.25, -0.2) is 19.7 Å². The van der Waals surface area contributed by atoms with E-state index >= 15 is 0 Å². The van der Waals surface area contributed by atoms with E-state index in [1.54, 1.807) is 25.3 Å². The zero-order chi connectivity index (χ0) is 19.2. The molecule has 2 aromatic heterocycles. The molecule has 0 aliphatic carbocycles. The smallest absolute Gasteiger partial charge is 0.338 e. The molecule has 0 bridgehead atoms. The highest BCUT2D eigenvalue weighted by molar-refractivity contribution is 5.90. The van der Waals surface area contributed by atoms with Gasteiger partial charge in [0.05, 0.1) is 12.2 Å². The number of rotatable bonds is 6. The maximum Gasteiger partial charge on any atom is 0.338 e. The number of ether oxygens (including phenoxy) is 1. The summed E-state index contributed by atoms with van der Waals surface area (Å²) in [6, 6.07) is 13.5. The first kappa shape index (κ1) is 18.5. The van der Waals surface area contributed by atoms with E-state index in [9.17, 15) is 4.79 Å². The summed E-state index contributed by atoms with van der Waals surface area (Å²) in [6.07, 6.45) is 2.28. The fourth-order valence-electron chi connectivity index (χ4n) is 2.81. The number of nitrogens with zero attached hydrogens (tertiary/aromatic N) is 3. The van der Waals surface area contributed by atoms with Crippen LogP contribution in [0.15, 0.2) is 48.7 Å². The molecule has 0 aliphatic rings. The Morgan fingerprint density at radius 2 is 1.89 bits per heavy atom. The average Bonchev–Trinajstić information content (AvgIpc) is 2.66. The van der Waals surface area contributed by atoms with Gasteiger partial charge in [0.1, 0.15) is 17.5 Å². The summed E-state index contributed by atoms with van der Waals surface area (Å²) in [6.45, 7) is 5.93. The third-order valence-corrected chi connectivity index (χ3v) is 4.07. The number of aromatic nitrogens is 3. The molecule has 1 N–H and O–H groups in total. The average molecular weight is 362 g/mol. The SMILES string of the molecule is CCOC(=O)c1ccnc(Nc2nc(C)nc(C)c2Cc2ccccc2)c1. The van der Waals surface area contributed by atoms with Crippen molar-refractivity contribution in [3.63, 3.8) is 0 Å². The number of hydrogen-bond donors (Lipinski definition) is 1. The molecule has 0 atom stereocenters. The highest BCUT2D eigenvalue weighted by atomic mass is 16.5. The van der Waals surface area contributed by atoms with Gasteiger partial charge in [-0.1, -0.05) is 30.3 Å². The molecule has 0 fully saturated rings. The van der Waals surface area contributed by atoms with Gasteiger partial charge in [-0.05, 0) is 38.5 Å². The molecule has 0 saturated heterocycles. The Morgan fingerprint density at radius 3 is 2.63 bits per heavy atom. The number of benzene rings is 1. The lowest BCUT2D eigenvalue weighted by molar-refractivity contribution is 0.0526. The quantitative estimate of drug-likeness (QED) is 0.668. The third kappa shape index (κ3) is 4.67. The number of anilines is 2. The summed E-state index contributed by atoms with van der Waals surface area (Å²) >= 11 is 0. The van der Waals surface area contributed by atoms with Crippen LogP contribution in [0.4, 0.5) is 11.6 Å². The Kier molecular flexibility index (Phi) is 5.76. The van der Waals surface area contributed by atoms with Crippen LogP contribution < -0.4 is 5.32 Å². The molecule has 0 unspecified atom stereocenters. The van der Waals surface area contributed by atoms with Gasteiger partial charge in [-0.2, -0.15) is 0 Å². The molecule has 0 saturated carbocycles. The van der Waals surface area contributed by atoms with Gasteiger partial charge in [-0.15, -0.1) is 0 Å². The molecular weight excluding hydrogens is 340 g/mol. The Morgan fingerprint density at radius 1 is 1.11 bits per heavy atom. The maximum atomic E-state index is 12.0. The van der Waals surface area contributed by atoms with Gasteiger partial charge in [-0.3, -0.25) is 0 Å². The molecule has 0 spiro atoms. The molecule has 1 aromatic carbocycles. The zero-order valence-corrected chi connectivity index (χ0v) is 15.7. The van der Waals surface area contributed by atoms with Crippen LogP contribution in [0.25, 0.3) is 0 Å². The van der Waals surface area contributed by atoms with E-state index in [0.717, 1.165) is 11.3 Å². The van der Waals surface area contributed by atoms with E-state index in [1.807, 2.05) is 32.0 Å². The first-order chi connectivity index (χ1) is 13.1. The molecule has 0 radical (unpaired) electrons. The molecule has 0 amide bonds. The van der Waals surface area contributed by atoms with E-state index < -0.39 is 0 Å². The second-order valence-electron chi connectivity index (χ2n) is 6.12. The number of carbonyl (C=O) groups excluding carboxylic acids is 1. The van der Waals surface area contributed by atoms with Crippen molar-refractivity contribution < 1.29 is 9.53 Å². The second-order valence-corrected chi connectivity index (χ2v) is 6.12. The summed E-state index contributed by atoms with van der Waals surface area (Å²) in [5.41, 5.74) is 3.52. The van der Waals surface area contributed by atoms with Gasteiger partial charge in [0.25, 0.3) is 0 Å². The fraction of sp³-hybridized carbons (Fsp3) is 0.238. The lowest BCUT2D eigenvalue weighted by Crippen LogP contribution is -2.09. The molecular formula is C21H22N4O2. The number of esters is 1. The molecule has 138 valence electrons. The summed E-state index contributed by atoms with van der Waals surface area (Å²) < 4.78 is 5.05. The Hall–Kier alpha value is -3.28. The Labute approximate surface area is 158 Å². The Balaban J connectivity index is 1.92. The fourth-order valence-corrected chi connectivity index (χ4v) is 2.81. The molecule has 6 nitrogen and oxygen atoms in total. The van der Waals surface area contributed by atoms with Crippen molar-refractivity contribution in [3.8, 4) is 0 Å². The predicted molar refractivity (Wildman–Crippen MR) is 104 cm³/mol. The number of pyridine rings is 1. The van der Waals surface area contributed by atoms with Crippen molar-refractivity contribution in [2.24, 2.45) is 0 Å². The van der Waals surface area contributed by atoms with Crippen molar-refractivity contribution >= 4 is 17.6 Å². The van der Waals surface area contributed by atoms with Crippen molar-refractivity contribution in [1.29, 1.82) is 0 Å². The van der Waals surface area contributed by atoms with Crippen LogP contribution in [-0.2, 0) is 11.2 Å². The molecule has 2 heterocycles. The summed E-state index contributed by atoms with van der Waals surface area (Å²) in [7, 11) is 0. The number of carbonyl (C=O) groups is 1. The van der Waals surface area contributed by atoms with Gasteiger partial charge in [0, 0.05) is 23.9 Å². The van der Waals surface area contributed by atoms with E-state index in [0.29, 0.717) is 36.1 Å². The van der Waals surface area contributed by atoms with Crippen LogP contribution in [0.5, 0.6) is 0 Å². The predicted octanol–water partition coefficient (Wildman–Crippen LogP) is 4.00. The van der Waals surface area contributed by atoms with Crippen molar-refractivity contribution in [2.75, 3.05) is 11.9 Å². The topological polar surface area (TPSA) is 77.0 Å². The van der Waals surface area contributed by atoms with Crippen molar-refractivity contribution in [3.05, 3.63) is 76.9 Å². The van der Waals surface area contributed by atoms with Crippen molar-refractivity contribution in [2.45, 2.75) is 27.2 Å². The molecule has 3 rings (SSSR count). The summed E-state index contributed by atoms with van der Waals surface area (Å²) in [4.78, 5) is 25.3. The van der Waals surface area contributed by atoms with Crippen LogP contribution in [0.1, 0.15) is 39.9 Å². The number of nitrogens with one attached hydrogen (secondary N) is 1. The van der Waals surface area contributed by atoms with Gasteiger partial charge in [0.15, 0.2) is 0 Å². The standard InChI is InChI=1S/C21H22N4O2/c1-4-27-21(26)17-10-11-22-19(13-17)25-20-18(14(2)23-15(3)24-20)12-16-8-6-5-7-9-16/h5-11,13H,4,12H2,1-3H3,(H,22,23,24,25). The van der Waals surface area contributed by atoms with Gasteiger partial charge < -0.3 is 10.1 Å². The van der Waals surface area contributed by atoms with Gasteiger partial charge in [0.2, 0.25) is 0 Å². The normalized spacial score (nSPS) is 10.5. The van der Waals surface area contributed by atoms with E-state index in [4.69, 9.17) is 4.74 Å². The van der Waals surface area contributed by atoms with Gasteiger partial charge >= 0.3 is 5.97 Å². The van der Waals surface area contributed by atoms with E-state index in [1.165, 1.54) is 5.56 Å². The minimum Gasteiger partial charge on any atom is -0.462 e. The highest BCUT2D eigenvalue weighted by Crippen LogP contribution is 2.23. The monoisotopic (exact) mass is 362 g/mol. The van der Waals surface area contributed by atoms with Crippen LogP contribution in [-0.4, -0.2) is 27.5 Å². The number of hydrogen-bond acceptors (Lipinski definition) is 6. The van der Waals surface area contributed by atoms with E-state index in [2.05, 4.69) is 32.4 Å². The Bertz CT molecular complexity index is 942. The summed E-state index contributed by atoms with van der Waals surface area (Å²) in [5.74, 6) is 1.53. The van der Waals surface area contributed by atoms with Crippen LogP contribution in [0.3, 0.4) is 0 Å². The molecule has 3 aromatic rings. The minimum atomic E-state index is -0.373. The first-order valence-electron chi connectivity index (χ1n) is 8.85. The van der Waals surface area contributed by atoms with E-state index in [-0.39, 0.29) is 5.97 Å². The molecule has 6 heteroatoms. The van der Waals surface area contributed by atoms with Crippen LogP contribution in [0.2, 0.25) is 0 Å². The first-order valence-corrected chi connectivity index (χ1v) is 8.85. The largest absolute Gasteiger partial charge is 0.462 e. The highest BCUT2D eigenvalue weighted by Gasteiger charge is 2.13.